The fourth-order valence-corrected chi connectivity index (χ4v) is 3.54. The highest BCUT2D eigenvalue weighted by Crippen LogP contribution is 2.36. The summed E-state index contributed by atoms with van der Waals surface area (Å²) in [6.45, 7) is 5.51. The van der Waals surface area contributed by atoms with Crippen LogP contribution in [0.1, 0.15) is 51.1 Å². The number of halogens is 1. The lowest BCUT2D eigenvalue weighted by Crippen LogP contribution is -2.43. The van der Waals surface area contributed by atoms with Gasteiger partial charge in [0, 0.05) is 26.0 Å². The van der Waals surface area contributed by atoms with Crippen molar-refractivity contribution in [3.8, 4) is 5.69 Å². The van der Waals surface area contributed by atoms with E-state index in [1.165, 1.54) is 31.2 Å². The van der Waals surface area contributed by atoms with Gasteiger partial charge in [0.25, 0.3) is 0 Å². The molecule has 5 nitrogen and oxygen atoms in total. The van der Waals surface area contributed by atoms with Crippen molar-refractivity contribution in [2.24, 2.45) is 10.4 Å². The van der Waals surface area contributed by atoms with Gasteiger partial charge in [0.05, 0.1) is 11.7 Å². The predicted octanol–water partition coefficient (Wildman–Crippen LogP) is 4.30. The molecule has 1 fully saturated rings. The molecule has 0 saturated heterocycles. The molecule has 0 radical (unpaired) electrons. The number of guanidine groups is 1. The molecule has 2 aromatic rings. The van der Waals surface area contributed by atoms with Crippen LogP contribution in [0.25, 0.3) is 5.69 Å². The molecule has 1 aromatic carbocycles. The number of rotatable bonds is 5. The van der Waals surface area contributed by atoms with E-state index in [2.05, 4.69) is 58.8 Å². The Kier molecular flexibility index (Phi) is 7.49. The van der Waals surface area contributed by atoms with Crippen LogP contribution in [0.3, 0.4) is 0 Å². The maximum Gasteiger partial charge on any atom is 0.191 e. The van der Waals surface area contributed by atoms with Gasteiger partial charge >= 0.3 is 0 Å². The molecule has 2 N–H and O–H groups in total. The van der Waals surface area contributed by atoms with E-state index in [1.54, 1.807) is 6.20 Å². The normalized spacial score (nSPS) is 17.4. The van der Waals surface area contributed by atoms with Gasteiger partial charge in [-0.3, -0.25) is 4.99 Å². The average molecular weight is 467 g/mol. The minimum Gasteiger partial charge on any atom is -0.356 e. The molecule has 1 atom stereocenters. The van der Waals surface area contributed by atoms with Crippen LogP contribution in [0.4, 0.5) is 0 Å². The lowest BCUT2D eigenvalue weighted by molar-refractivity contribution is 0.333. The number of hydrogen-bond donors (Lipinski definition) is 2. The van der Waals surface area contributed by atoms with Gasteiger partial charge in [-0.1, -0.05) is 31.9 Å². The average Bonchev–Trinajstić information content (AvgIpc) is 3.31. The number of aliphatic imine (C=N–C) groups is 1. The van der Waals surface area contributed by atoms with Gasteiger partial charge in [-0.2, -0.15) is 5.10 Å². The van der Waals surface area contributed by atoms with Gasteiger partial charge in [-0.15, -0.1) is 24.0 Å². The summed E-state index contributed by atoms with van der Waals surface area (Å²) < 4.78 is 1.88. The Hall–Kier alpha value is -1.57. The summed E-state index contributed by atoms with van der Waals surface area (Å²) in [5, 5.41) is 11.3. The highest BCUT2D eigenvalue weighted by molar-refractivity contribution is 14.0. The minimum absolute atomic E-state index is 0. The van der Waals surface area contributed by atoms with Crippen LogP contribution < -0.4 is 10.6 Å². The van der Waals surface area contributed by atoms with E-state index >= 15 is 0 Å². The molecule has 1 aromatic heterocycles. The first-order valence-corrected chi connectivity index (χ1v) is 9.17. The summed E-state index contributed by atoms with van der Waals surface area (Å²) >= 11 is 0. The Morgan fingerprint density at radius 3 is 2.73 bits per heavy atom. The fourth-order valence-electron chi connectivity index (χ4n) is 3.54. The Labute approximate surface area is 173 Å². The summed E-state index contributed by atoms with van der Waals surface area (Å²) in [5.41, 5.74) is 2.68. The molecule has 0 amide bonds. The summed E-state index contributed by atoms with van der Waals surface area (Å²) in [6.07, 6.45) is 9.06. The van der Waals surface area contributed by atoms with Crippen molar-refractivity contribution in [3.63, 3.8) is 0 Å². The third kappa shape index (κ3) is 5.22. The molecule has 1 aliphatic rings. The Bertz CT molecular complexity index is 705. The summed E-state index contributed by atoms with van der Waals surface area (Å²) in [7, 11) is 1.83. The number of nitrogens with zero attached hydrogens (tertiary/aromatic N) is 3. The minimum atomic E-state index is 0. The van der Waals surface area contributed by atoms with Gasteiger partial charge in [0.15, 0.2) is 5.96 Å². The van der Waals surface area contributed by atoms with Gasteiger partial charge in [0.1, 0.15) is 0 Å². The van der Waals surface area contributed by atoms with E-state index in [0.717, 1.165) is 18.2 Å². The molecule has 1 aliphatic carbocycles. The van der Waals surface area contributed by atoms with Crippen LogP contribution in [-0.2, 0) is 0 Å². The lowest BCUT2D eigenvalue weighted by Gasteiger charge is -2.26. The summed E-state index contributed by atoms with van der Waals surface area (Å²) in [5.74, 6) is 0.866. The molecule has 1 unspecified atom stereocenters. The number of hydrogen-bond acceptors (Lipinski definition) is 2. The van der Waals surface area contributed by atoms with Crippen LogP contribution in [0.5, 0.6) is 0 Å². The third-order valence-electron chi connectivity index (χ3n) is 5.21. The van der Waals surface area contributed by atoms with Crippen molar-refractivity contribution in [2.75, 3.05) is 13.6 Å². The molecule has 1 saturated carbocycles. The molecule has 3 rings (SSSR count). The van der Waals surface area contributed by atoms with E-state index in [9.17, 15) is 0 Å². The maximum atomic E-state index is 4.39. The zero-order chi connectivity index (χ0) is 17.7. The van der Waals surface area contributed by atoms with Crippen molar-refractivity contribution in [1.29, 1.82) is 0 Å². The monoisotopic (exact) mass is 467 g/mol. The molecule has 0 bridgehead atoms. The number of nitrogens with one attached hydrogen (secondary N) is 2. The quantitative estimate of drug-likeness (QED) is 0.392. The van der Waals surface area contributed by atoms with Crippen LogP contribution in [-0.4, -0.2) is 29.3 Å². The van der Waals surface area contributed by atoms with Crippen molar-refractivity contribution >= 4 is 29.9 Å². The molecule has 1 heterocycles. The molecule has 142 valence electrons. The Balaban J connectivity index is 0.00000243. The predicted molar refractivity (Wildman–Crippen MR) is 118 cm³/mol. The number of aromatic nitrogens is 2. The molecule has 0 aliphatic heterocycles. The smallest absolute Gasteiger partial charge is 0.191 e. The van der Waals surface area contributed by atoms with Crippen molar-refractivity contribution in [3.05, 3.63) is 48.3 Å². The zero-order valence-electron chi connectivity index (χ0n) is 15.9. The third-order valence-corrected chi connectivity index (χ3v) is 5.21. The highest BCUT2D eigenvalue weighted by Gasteiger charge is 2.28. The van der Waals surface area contributed by atoms with E-state index < -0.39 is 0 Å². The number of benzene rings is 1. The molecule has 0 spiro atoms. The van der Waals surface area contributed by atoms with Crippen LogP contribution in [0.2, 0.25) is 0 Å². The van der Waals surface area contributed by atoms with Gasteiger partial charge in [-0.05, 0) is 48.9 Å². The van der Waals surface area contributed by atoms with Gasteiger partial charge in [0.2, 0.25) is 0 Å². The van der Waals surface area contributed by atoms with Crippen molar-refractivity contribution < 1.29 is 0 Å². The van der Waals surface area contributed by atoms with E-state index in [4.69, 9.17) is 0 Å². The Morgan fingerprint density at radius 2 is 2.08 bits per heavy atom. The van der Waals surface area contributed by atoms with E-state index in [-0.39, 0.29) is 30.0 Å². The summed E-state index contributed by atoms with van der Waals surface area (Å²) in [6, 6.07) is 10.5. The Morgan fingerprint density at radius 1 is 1.31 bits per heavy atom. The SMILES string of the molecule is CN=C(NCC1(C)CCCC1)NC(C)c1cccc(-n2cccn2)c1.I. The first kappa shape index (κ1) is 20.7. The molecule has 6 heteroatoms. The molecular formula is C20H30IN5. The van der Waals surface area contributed by atoms with Crippen molar-refractivity contribution in [2.45, 2.75) is 45.6 Å². The summed E-state index contributed by atoms with van der Waals surface area (Å²) in [4.78, 5) is 4.39. The standard InChI is InChI=1S/C20H29N5.HI/c1-16(17-8-6-9-18(14-17)25-13-7-12-23-25)24-19(21-3)22-15-20(2)10-4-5-11-20;/h6-9,12-14,16H,4-5,10-11,15H2,1-3H3,(H2,21,22,24);1H. The lowest BCUT2D eigenvalue weighted by atomic mass is 9.89. The first-order valence-electron chi connectivity index (χ1n) is 9.17. The van der Waals surface area contributed by atoms with Crippen LogP contribution in [0, 0.1) is 5.41 Å². The van der Waals surface area contributed by atoms with E-state index in [1.807, 2.05) is 24.0 Å². The second kappa shape index (κ2) is 9.39. The second-order valence-electron chi connectivity index (χ2n) is 7.36. The topological polar surface area (TPSA) is 54.2 Å². The first-order chi connectivity index (χ1) is 12.1. The van der Waals surface area contributed by atoms with Crippen LogP contribution in [0.15, 0.2) is 47.7 Å². The van der Waals surface area contributed by atoms with Crippen LogP contribution >= 0.6 is 24.0 Å². The largest absolute Gasteiger partial charge is 0.356 e. The zero-order valence-corrected chi connectivity index (χ0v) is 18.2. The molecule has 26 heavy (non-hydrogen) atoms. The highest BCUT2D eigenvalue weighted by atomic mass is 127. The second-order valence-corrected chi connectivity index (χ2v) is 7.36. The molecular weight excluding hydrogens is 437 g/mol. The van der Waals surface area contributed by atoms with Gasteiger partial charge in [-0.25, -0.2) is 4.68 Å². The van der Waals surface area contributed by atoms with Gasteiger partial charge < -0.3 is 10.6 Å². The fraction of sp³-hybridized carbons (Fsp3) is 0.500. The maximum absolute atomic E-state index is 4.39. The van der Waals surface area contributed by atoms with E-state index in [0.29, 0.717) is 5.41 Å². The van der Waals surface area contributed by atoms with Crippen molar-refractivity contribution in [1.82, 2.24) is 20.4 Å².